The second-order valence-corrected chi connectivity index (χ2v) is 7.93. The van der Waals surface area contributed by atoms with Gasteiger partial charge in [-0.3, -0.25) is 4.79 Å². The van der Waals surface area contributed by atoms with Gasteiger partial charge in [0.1, 0.15) is 6.26 Å². The van der Waals surface area contributed by atoms with Gasteiger partial charge in [0.25, 0.3) is 5.91 Å². The first-order chi connectivity index (χ1) is 12.9. The number of sulfonamides is 1. The minimum atomic E-state index is -3.70. The summed E-state index contributed by atoms with van der Waals surface area (Å²) in [4.78, 5) is 14.1. The smallest absolute Gasteiger partial charge is 0.257 e. The van der Waals surface area contributed by atoms with Crippen LogP contribution in [0, 0.1) is 0 Å². The molecule has 2 heterocycles. The van der Waals surface area contributed by atoms with Gasteiger partial charge < -0.3 is 18.8 Å². The molecule has 0 unspecified atom stereocenters. The Morgan fingerprint density at radius 1 is 1.15 bits per heavy atom. The number of ether oxygens (including phenoxy) is 2. The van der Waals surface area contributed by atoms with Crippen molar-refractivity contribution >= 4 is 15.9 Å². The number of carbonyl (C=O) groups excluding carboxylic acids is 1. The maximum Gasteiger partial charge on any atom is 0.257 e. The number of amides is 1. The minimum Gasteiger partial charge on any atom is -0.493 e. The van der Waals surface area contributed by atoms with Crippen molar-refractivity contribution < 1.29 is 27.1 Å². The summed E-state index contributed by atoms with van der Waals surface area (Å²) in [6.07, 6.45) is 3.94. The number of hydrogen-bond acceptors (Lipinski definition) is 6. The first-order valence-corrected chi connectivity index (χ1v) is 9.98. The van der Waals surface area contributed by atoms with E-state index in [1.54, 1.807) is 17.0 Å². The molecule has 9 heteroatoms. The highest BCUT2D eigenvalue weighted by Gasteiger charge is 2.28. The zero-order chi connectivity index (χ0) is 19.4. The fraction of sp³-hybridized carbons (Fsp3) is 0.389. The molecule has 27 heavy (non-hydrogen) atoms. The lowest BCUT2D eigenvalue weighted by atomic mass is 10.1. The first-order valence-electron chi connectivity index (χ1n) is 8.50. The van der Waals surface area contributed by atoms with E-state index in [9.17, 15) is 13.2 Å². The second kappa shape index (κ2) is 8.01. The highest BCUT2D eigenvalue weighted by molar-refractivity contribution is 7.89. The van der Waals surface area contributed by atoms with Crippen LogP contribution in [0.2, 0.25) is 0 Å². The number of piperidine rings is 1. The number of benzene rings is 1. The predicted molar refractivity (Wildman–Crippen MR) is 97.5 cm³/mol. The standard InChI is InChI=1S/C18H22N2O6S/c1-24-16-4-3-15(11-17(16)25-2)27(22,23)19-14-5-8-20(9-6-14)18(21)13-7-10-26-12-13/h3-4,7,10-12,14,19H,5-6,8-9H2,1-2H3. The van der Waals surface area contributed by atoms with Crippen LogP contribution in [-0.4, -0.2) is 52.6 Å². The van der Waals surface area contributed by atoms with Gasteiger partial charge in [0.2, 0.25) is 10.0 Å². The molecule has 0 bridgehead atoms. The molecule has 1 saturated heterocycles. The van der Waals surface area contributed by atoms with Gasteiger partial charge in [0.15, 0.2) is 11.5 Å². The third-order valence-electron chi connectivity index (χ3n) is 4.54. The number of nitrogens with one attached hydrogen (secondary N) is 1. The highest BCUT2D eigenvalue weighted by Crippen LogP contribution is 2.29. The number of furan rings is 1. The summed E-state index contributed by atoms with van der Waals surface area (Å²) in [5.74, 6) is 0.702. The zero-order valence-corrected chi connectivity index (χ0v) is 16.0. The van der Waals surface area contributed by atoms with Crippen molar-refractivity contribution in [2.75, 3.05) is 27.3 Å². The third kappa shape index (κ3) is 4.25. The molecule has 146 valence electrons. The molecule has 2 aromatic rings. The molecule has 1 N–H and O–H groups in total. The Kier molecular flexibility index (Phi) is 5.71. The van der Waals surface area contributed by atoms with Crippen molar-refractivity contribution in [1.29, 1.82) is 0 Å². The van der Waals surface area contributed by atoms with Gasteiger partial charge in [0, 0.05) is 25.2 Å². The molecular formula is C18H22N2O6S. The number of rotatable bonds is 6. The molecule has 0 saturated carbocycles. The Morgan fingerprint density at radius 2 is 1.85 bits per heavy atom. The number of hydrogen-bond donors (Lipinski definition) is 1. The Hall–Kier alpha value is -2.52. The third-order valence-corrected chi connectivity index (χ3v) is 6.06. The molecule has 1 aromatic carbocycles. The number of carbonyl (C=O) groups is 1. The van der Waals surface area contributed by atoms with Crippen molar-refractivity contribution in [1.82, 2.24) is 9.62 Å². The molecular weight excluding hydrogens is 372 g/mol. The van der Waals surface area contributed by atoms with Crippen LogP contribution in [0.25, 0.3) is 0 Å². The summed E-state index contributed by atoms with van der Waals surface area (Å²) >= 11 is 0. The molecule has 0 radical (unpaired) electrons. The fourth-order valence-corrected chi connectivity index (χ4v) is 4.36. The van der Waals surface area contributed by atoms with E-state index in [-0.39, 0.29) is 16.8 Å². The summed E-state index contributed by atoms with van der Waals surface area (Å²) < 4.78 is 43.3. The lowest BCUT2D eigenvalue weighted by molar-refractivity contribution is 0.0710. The number of nitrogens with zero attached hydrogens (tertiary/aromatic N) is 1. The molecule has 0 atom stereocenters. The highest BCUT2D eigenvalue weighted by atomic mass is 32.2. The van der Waals surface area contributed by atoms with Gasteiger partial charge >= 0.3 is 0 Å². The normalized spacial score (nSPS) is 15.6. The SMILES string of the molecule is COc1ccc(S(=O)(=O)NC2CCN(C(=O)c3ccoc3)CC2)cc1OC. The van der Waals surface area contributed by atoms with Crippen molar-refractivity contribution in [2.24, 2.45) is 0 Å². The Bertz CT molecular complexity index is 887. The second-order valence-electron chi connectivity index (χ2n) is 6.22. The Labute approximate surface area is 158 Å². The monoisotopic (exact) mass is 394 g/mol. The summed E-state index contributed by atoms with van der Waals surface area (Å²) in [5.41, 5.74) is 0.499. The molecule has 1 fully saturated rings. The Balaban J connectivity index is 1.63. The Morgan fingerprint density at radius 3 is 2.44 bits per heavy atom. The first kappa shape index (κ1) is 19.2. The van der Waals surface area contributed by atoms with Crippen molar-refractivity contribution in [3.8, 4) is 11.5 Å². The number of methoxy groups -OCH3 is 2. The zero-order valence-electron chi connectivity index (χ0n) is 15.2. The fourth-order valence-electron chi connectivity index (χ4n) is 3.04. The molecule has 0 spiro atoms. The molecule has 8 nitrogen and oxygen atoms in total. The molecule has 1 aliphatic rings. The average molecular weight is 394 g/mol. The van der Waals surface area contributed by atoms with E-state index in [0.717, 1.165) is 0 Å². The van der Waals surface area contributed by atoms with Crippen LogP contribution in [-0.2, 0) is 10.0 Å². The van der Waals surface area contributed by atoms with Crippen LogP contribution in [0.4, 0.5) is 0 Å². The van der Waals surface area contributed by atoms with E-state index >= 15 is 0 Å². The summed E-state index contributed by atoms with van der Waals surface area (Å²) in [6, 6.07) is 5.84. The van der Waals surface area contributed by atoms with E-state index < -0.39 is 10.0 Å². The predicted octanol–water partition coefficient (Wildman–Crippen LogP) is 1.88. The maximum atomic E-state index is 12.7. The summed E-state index contributed by atoms with van der Waals surface area (Å²) in [6.45, 7) is 0.951. The minimum absolute atomic E-state index is 0.107. The van der Waals surface area contributed by atoms with E-state index in [4.69, 9.17) is 13.9 Å². The quantitative estimate of drug-likeness (QED) is 0.803. The summed E-state index contributed by atoms with van der Waals surface area (Å²) in [7, 11) is -0.761. The lowest BCUT2D eigenvalue weighted by Gasteiger charge is -2.32. The molecule has 3 rings (SSSR count). The van der Waals surface area contributed by atoms with E-state index in [1.807, 2.05) is 0 Å². The lowest BCUT2D eigenvalue weighted by Crippen LogP contribution is -2.46. The van der Waals surface area contributed by atoms with Crippen LogP contribution >= 0.6 is 0 Å². The topological polar surface area (TPSA) is 98.1 Å². The van der Waals surface area contributed by atoms with E-state index in [0.29, 0.717) is 43.0 Å². The van der Waals surface area contributed by atoms with Crippen LogP contribution < -0.4 is 14.2 Å². The van der Waals surface area contributed by atoms with Crippen LogP contribution in [0.5, 0.6) is 11.5 Å². The van der Waals surface area contributed by atoms with Gasteiger partial charge in [-0.2, -0.15) is 0 Å². The van der Waals surface area contributed by atoms with E-state index in [1.165, 1.54) is 38.9 Å². The van der Waals surface area contributed by atoms with Gasteiger partial charge in [0.05, 0.1) is 30.9 Å². The van der Waals surface area contributed by atoms with Gasteiger partial charge in [-0.15, -0.1) is 0 Å². The number of likely N-dealkylation sites (tertiary alicyclic amines) is 1. The van der Waals surface area contributed by atoms with Gasteiger partial charge in [-0.05, 0) is 31.0 Å². The van der Waals surface area contributed by atoms with Crippen molar-refractivity contribution in [3.05, 3.63) is 42.4 Å². The van der Waals surface area contributed by atoms with Crippen LogP contribution in [0.3, 0.4) is 0 Å². The van der Waals surface area contributed by atoms with Crippen molar-refractivity contribution in [3.63, 3.8) is 0 Å². The van der Waals surface area contributed by atoms with Crippen molar-refractivity contribution in [2.45, 2.75) is 23.8 Å². The summed E-state index contributed by atoms with van der Waals surface area (Å²) in [5, 5.41) is 0. The van der Waals surface area contributed by atoms with Gasteiger partial charge in [-0.1, -0.05) is 0 Å². The van der Waals surface area contributed by atoms with Crippen LogP contribution in [0.1, 0.15) is 23.2 Å². The largest absolute Gasteiger partial charge is 0.493 e. The molecule has 1 aliphatic heterocycles. The van der Waals surface area contributed by atoms with Crippen LogP contribution in [0.15, 0.2) is 46.1 Å². The molecule has 0 aliphatic carbocycles. The molecule has 1 amide bonds. The van der Waals surface area contributed by atoms with E-state index in [2.05, 4.69) is 4.72 Å². The van der Waals surface area contributed by atoms with Gasteiger partial charge in [-0.25, -0.2) is 13.1 Å². The maximum absolute atomic E-state index is 12.7. The molecule has 1 aromatic heterocycles. The average Bonchev–Trinajstić information content (AvgIpc) is 3.22.